The predicted molar refractivity (Wildman–Crippen MR) is 158 cm³/mol. The van der Waals surface area contributed by atoms with Crippen molar-refractivity contribution in [2.24, 2.45) is 0 Å². The SMILES string of the molecule is CO[C@H]1[C@H](O)[C@@H](CO)N(C(c2ccccc2)c2ccccc2)C[C@H]1n1cnc2c(NC(=O)c3ccccc3)ncnc21. The van der Waals surface area contributed by atoms with E-state index in [0.717, 1.165) is 11.1 Å². The molecule has 0 saturated carbocycles. The highest BCUT2D eigenvalue weighted by atomic mass is 16.5. The van der Waals surface area contributed by atoms with E-state index in [1.807, 2.05) is 47.0 Å². The van der Waals surface area contributed by atoms with Crippen molar-refractivity contribution in [1.82, 2.24) is 24.4 Å². The van der Waals surface area contributed by atoms with Crippen LogP contribution in [0.2, 0.25) is 0 Å². The summed E-state index contributed by atoms with van der Waals surface area (Å²) < 4.78 is 7.72. The molecule has 1 saturated heterocycles. The van der Waals surface area contributed by atoms with Crippen LogP contribution in [0.15, 0.2) is 104 Å². The molecule has 0 spiro atoms. The summed E-state index contributed by atoms with van der Waals surface area (Å²) in [6.07, 6.45) is 1.33. The van der Waals surface area contributed by atoms with Gasteiger partial charge in [0.2, 0.25) is 0 Å². The minimum Gasteiger partial charge on any atom is -0.395 e. The van der Waals surface area contributed by atoms with Gasteiger partial charge >= 0.3 is 0 Å². The quantitative estimate of drug-likeness (QED) is 0.262. The van der Waals surface area contributed by atoms with Crippen molar-refractivity contribution in [3.63, 3.8) is 0 Å². The topological polar surface area (TPSA) is 126 Å². The second-order valence-electron chi connectivity index (χ2n) is 10.3. The molecule has 1 fully saturated rings. The third-order valence-corrected chi connectivity index (χ3v) is 7.94. The van der Waals surface area contributed by atoms with Gasteiger partial charge in [-0.25, -0.2) is 15.0 Å². The largest absolute Gasteiger partial charge is 0.395 e. The van der Waals surface area contributed by atoms with E-state index in [1.165, 1.54) is 6.33 Å². The number of hydrogen-bond acceptors (Lipinski definition) is 8. The molecule has 0 unspecified atom stereocenters. The molecule has 1 aliphatic heterocycles. The van der Waals surface area contributed by atoms with Crippen LogP contribution < -0.4 is 5.32 Å². The van der Waals surface area contributed by atoms with Gasteiger partial charge in [0, 0.05) is 19.2 Å². The minimum atomic E-state index is -1.02. The number of aliphatic hydroxyl groups is 2. The van der Waals surface area contributed by atoms with E-state index >= 15 is 0 Å². The molecular weight excluding hydrogens is 532 g/mol. The molecule has 4 atom stereocenters. The lowest BCUT2D eigenvalue weighted by atomic mass is 9.87. The highest BCUT2D eigenvalue weighted by Crippen LogP contribution is 2.39. The molecule has 0 radical (unpaired) electrons. The highest BCUT2D eigenvalue weighted by molar-refractivity contribution is 6.06. The highest BCUT2D eigenvalue weighted by Gasteiger charge is 2.47. The Hall–Kier alpha value is -4.48. The fourth-order valence-electron chi connectivity index (χ4n) is 5.95. The van der Waals surface area contributed by atoms with E-state index in [9.17, 15) is 15.0 Å². The lowest BCUT2D eigenvalue weighted by molar-refractivity contribution is -0.134. The van der Waals surface area contributed by atoms with Crippen molar-refractivity contribution in [3.8, 4) is 0 Å². The average molecular weight is 565 g/mol. The minimum absolute atomic E-state index is 0.246. The Kier molecular flexibility index (Phi) is 8.02. The Morgan fingerprint density at radius 2 is 1.57 bits per heavy atom. The summed E-state index contributed by atoms with van der Waals surface area (Å²) in [5.74, 6) is -0.0204. The Labute approximate surface area is 243 Å². The van der Waals surface area contributed by atoms with Gasteiger partial charge in [0.15, 0.2) is 17.0 Å². The van der Waals surface area contributed by atoms with Gasteiger partial charge in [0.1, 0.15) is 12.4 Å². The summed E-state index contributed by atoms with van der Waals surface area (Å²) in [7, 11) is 1.55. The Morgan fingerprint density at radius 3 is 2.17 bits per heavy atom. The van der Waals surface area contributed by atoms with E-state index in [4.69, 9.17) is 4.74 Å². The number of aliphatic hydroxyl groups excluding tert-OH is 2. The van der Waals surface area contributed by atoms with Crippen LogP contribution >= 0.6 is 0 Å². The third-order valence-electron chi connectivity index (χ3n) is 7.94. The zero-order valence-electron chi connectivity index (χ0n) is 23.1. The lowest BCUT2D eigenvalue weighted by Gasteiger charge is -2.49. The molecule has 42 heavy (non-hydrogen) atoms. The summed E-state index contributed by atoms with van der Waals surface area (Å²) in [6.45, 7) is 0.156. The monoisotopic (exact) mass is 564 g/mol. The van der Waals surface area contributed by atoms with Gasteiger partial charge in [-0.1, -0.05) is 78.9 Å². The molecule has 3 heterocycles. The van der Waals surface area contributed by atoms with Gasteiger partial charge < -0.3 is 24.8 Å². The smallest absolute Gasteiger partial charge is 0.256 e. The zero-order valence-corrected chi connectivity index (χ0v) is 23.1. The number of imidazole rings is 1. The third kappa shape index (κ3) is 5.17. The number of amides is 1. The molecule has 3 N–H and O–H groups in total. The molecular formula is C32H32N6O4. The molecule has 10 nitrogen and oxygen atoms in total. The molecule has 214 valence electrons. The number of hydrogen-bond donors (Lipinski definition) is 3. The number of methoxy groups -OCH3 is 1. The molecule has 0 aliphatic carbocycles. The first-order valence-corrected chi connectivity index (χ1v) is 13.8. The number of benzene rings is 3. The number of piperidine rings is 1. The van der Waals surface area contributed by atoms with Gasteiger partial charge in [0.25, 0.3) is 5.91 Å². The van der Waals surface area contributed by atoms with Crippen LogP contribution in [0, 0.1) is 0 Å². The maximum Gasteiger partial charge on any atom is 0.256 e. The number of ether oxygens (including phenoxy) is 1. The maximum absolute atomic E-state index is 12.9. The van der Waals surface area contributed by atoms with Crippen molar-refractivity contribution in [3.05, 3.63) is 120 Å². The average Bonchev–Trinajstić information content (AvgIpc) is 3.48. The molecule has 3 aromatic carbocycles. The van der Waals surface area contributed by atoms with Gasteiger partial charge in [-0.2, -0.15) is 0 Å². The second kappa shape index (κ2) is 12.2. The first-order valence-electron chi connectivity index (χ1n) is 13.8. The summed E-state index contributed by atoms with van der Waals surface area (Å²) >= 11 is 0. The second-order valence-corrected chi connectivity index (χ2v) is 10.3. The van der Waals surface area contributed by atoms with Crippen LogP contribution in [0.25, 0.3) is 11.2 Å². The molecule has 2 aromatic heterocycles. The van der Waals surface area contributed by atoms with Crippen LogP contribution in [0.3, 0.4) is 0 Å². The number of aromatic nitrogens is 4. The van der Waals surface area contributed by atoms with Crippen LogP contribution in [-0.4, -0.2) is 79.1 Å². The van der Waals surface area contributed by atoms with Crippen molar-refractivity contribution >= 4 is 22.9 Å². The maximum atomic E-state index is 12.9. The van der Waals surface area contributed by atoms with Gasteiger partial charge in [-0.05, 0) is 23.3 Å². The van der Waals surface area contributed by atoms with Gasteiger partial charge in [-0.3, -0.25) is 9.69 Å². The van der Waals surface area contributed by atoms with Crippen LogP contribution in [-0.2, 0) is 4.74 Å². The van der Waals surface area contributed by atoms with Gasteiger partial charge in [-0.15, -0.1) is 0 Å². The first kappa shape index (κ1) is 27.7. The van der Waals surface area contributed by atoms with Crippen LogP contribution in [0.1, 0.15) is 33.6 Å². The van der Waals surface area contributed by atoms with E-state index < -0.39 is 24.3 Å². The Balaban J connectivity index is 1.40. The van der Waals surface area contributed by atoms with E-state index in [1.54, 1.807) is 37.7 Å². The van der Waals surface area contributed by atoms with Crippen molar-refractivity contribution < 1.29 is 19.7 Å². The summed E-state index contributed by atoms with van der Waals surface area (Å²) in [5.41, 5.74) is 3.48. The number of nitrogens with zero attached hydrogens (tertiary/aromatic N) is 5. The summed E-state index contributed by atoms with van der Waals surface area (Å²) in [5, 5.41) is 25.0. The Bertz CT molecular complexity index is 1590. The number of anilines is 1. The van der Waals surface area contributed by atoms with Gasteiger partial charge in [0.05, 0.1) is 37.2 Å². The van der Waals surface area contributed by atoms with Crippen LogP contribution in [0.5, 0.6) is 0 Å². The van der Waals surface area contributed by atoms with E-state index in [-0.39, 0.29) is 24.4 Å². The van der Waals surface area contributed by atoms with E-state index in [0.29, 0.717) is 23.3 Å². The number of fused-ring (bicyclic) bond motifs is 1. The number of carbonyl (C=O) groups is 1. The fraction of sp³-hybridized carbons (Fsp3) is 0.250. The standard InChI is InChI=1S/C32H32N6O4/c1-42-29-24(38-20-35-26-30(33-19-34-31(26)38)36-32(41)23-15-9-4-10-16-23)17-37(25(18-39)28(29)40)27(21-11-5-2-6-12-21)22-13-7-3-8-14-22/h2-16,19-20,24-25,27-29,39-40H,17-18H2,1H3,(H,33,34,36,41)/t24-,25-,28-,29-/m1/s1. The van der Waals surface area contributed by atoms with Crippen LogP contribution in [0.4, 0.5) is 5.82 Å². The Morgan fingerprint density at radius 1 is 0.952 bits per heavy atom. The zero-order chi connectivity index (χ0) is 29.1. The van der Waals surface area contributed by atoms with Crippen molar-refractivity contribution in [2.45, 2.75) is 30.3 Å². The molecule has 1 aliphatic rings. The molecule has 1 amide bonds. The summed E-state index contributed by atoms with van der Waals surface area (Å²) in [6, 6.07) is 27.7. The fourth-order valence-corrected chi connectivity index (χ4v) is 5.95. The normalized spacial score (nSPS) is 21.0. The van der Waals surface area contributed by atoms with E-state index in [2.05, 4.69) is 49.4 Å². The van der Waals surface area contributed by atoms with Crippen molar-refractivity contribution in [2.75, 3.05) is 25.6 Å². The molecule has 6 rings (SSSR count). The lowest BCUT2D eigenvalue weighted by Crippen LogP contribution is -2.61. The number of nitrogens with one attached hydrogen (secondary N) is 1. The first-order chi connectivity index (χ1) is 20.6. The molecule has 0 bridgehead atoms. The van der Waals surface area contributed by atoms with Crippen molar-refractivity contribution in [1.29, 1.82) is 0 Å². The summed E-state index contributed by atoms with van der Waals surface area (Å²) in [4.78, 5) is 28.4. The predicted octanol–water partition coefficient (Wildman–Crippen LogP) is 3.46. The number of likely N-dealkylation sites (tertiary alicyclic amines) is 1. The number of rotatable bonds is 8. The molecule has 5 aromatic rings. The number of carbonyl (C=O) groups excluding carboxylic acids is 1. The molecule has 10 heteroatoms.